The first-order valence-electron chi connectivity index (χ1n) is 8.54. The number of hydrogen-bond acceptors (Lipinski definition) is 6. The van der Waals surface area contributed by atoms with Crippen LogP contribution in [0.2, 0.25) is 0 Å². The number of fused-ring (bicyclic) bond motifs is 1. The van der Waals surface area contributed by atoms with Crippen LogP contribution in [-0.2, 0) is 19.9 Å². The second kappa shape index (κ2) is 8.26. The molecule has 28 heavy (non-hydrogen) atoms. The van der Waals surface area contributed by atoms with Gasteiger partial charge in [-0.25, -0.2) is 21.6 Å². The highest BCUT2D eigenvalue weighted by atomic mass is 32.2. The van der Waals surface area contributed by atoms with Gasteiger partial charge in [0.1, 0.15) is 11.3 Å². The van der Waals surface area contributed by atoms with E-state index < -0.39 is 19.9 Å². The number of ether oxygens (including phenoxy) is 1. The topological polar surface area (TPSA) is 102 Å². The van der Waals surface area contributed by atoms with Crippen molar-refractivity contribution in [1.82, 2.24) is 9.71 Å². The number of nitrogens with one attached hydrogen (secondary N) is 1. The van der Waals surface area contributed by atoms with Crippen molar-refractivity contribution in [1.29, 1.82) is 0 Å². The normalized spacial score (nSPS) is 12.2. The predicted molar refractivity (Wildman–Crippen MR) is 107 cm³/mol. The third kappa shape index (κ3) is 4.86. The van der Waals surface area contributed by atoms with E-state index in [1.54, 1.807) is 6.20 Å². The zero-order chi connectivity index (χ0) is 20.2. The molecule has 0 aliphatic rings. The standard InChI is InChI=1S/C19H20N2O5S2/c1-27(22,23)16-8-10-17(11-9-16)28(24,25)21-13-4-14-26-18-7-2-5-15-6-3-12-20-19(15)18/h2-3,5-12,21H,4,13-14H2,1H3. The zero-order valence-corrected chi connectivity index (χ0v) is 16.8. The largest absolute Gasteiger partial charge is 0.491 e. The molecule has 1 aromatic heterocycles. The second-order valence-corrected chi connectivity index (χ2v) is 9.96. The van der Waals surface area contributed by atoms with Gasteiger partial charge in [0.25, 0.3) is 0 Å². The van der Waals surface area contributed by atoms with Crippen LogP contribution in [0.4, 0.5) is 0 Å². The van der Waals surface area contributed by atoms with E-state index in [0.29, 0.717) is 18.8 Å². The predicted octanol–water partition coefficient (Wildman–Crippen LogP) is 2.39. The van der Waals surface area contributed by atoms with E-state index in [1.165, 1.54) is 24.3 Å². The Labute approximate surface area is 164 Å². The lowest BCUT2D eigenvalue weighted by atomic mass is 10.2. The number of pyridine rings is 1. The Balaban J connectivity index is 1.54. The molecular formula is C19H20N2O5S2. The zero-order valence-electron chi connectivity index (χ0n) is 15.2. The third-order valence-corrected chi connectivity index (χ3v) is 6.63. The summed E-state index contributed by atoms with van der Waals surface area (Å²) in [6, 6.07) is 14.5. The summed E-state index contributed by atoms with van der Waals surface area (Å²) in [6.07, 6.45) is 3.22. The number of nitrogens with zero attached hydrogens (tertiary/aromatic N) is 1. The molecule has 0 fully saturated rings. The van der Waals surface area contributed by atoms with Crippen LogP contribution < -0.4 is 9.46 Å². The summed E-state index contributed by atoms with van der Waals surface area (Å²) in [5.74, 6) is 0.650. The maximum Gasteiger partial charge on any atom is 0.240 e. The molecule has 0 atom stereocenters. The van der Waals surface area contributed by atoms with Crippen LogP contribution in [0.3, 0.4) is 0 Å². The summed E-state index contributed by atoms with van der Waals surface area (Å²) in [7, 11) is -7.08. The quantitative estimate of drug-likeness (QED) is 0.562. The molecule has 1 heterocycles. The number of hydrogen-bond donors (Lipinski definition) is 1. The van der Waals surface area contributed by atoms with Gasteiger partial charge in [0.2, 0.25) is 10.0 Å². The number of benzene rings is 2. The molecule has 0 saturated heterocycles. The number of para-hydroxylation sites is 1. The van der Waals surface area contributed by atoms with Gasteiger partial charge in [-0.2, -0.15) is 0 Å². The lowest BCUT2D eigenvalue weighted by Crippen LogP contribution is -2.26. The summed E-state index contributed by atoms with van der Waals surface area (Å²) in [6.45, 7) is 0.513. The van der Waals surface area contributed by atoms with Gasteiger partial charge in [0, 0.05) is 24.4 Å². The SMILES string of the molecule is CS(=O)(=O)c1ccc(S(=O)(=O)NCCCOc2cccc3cccnc23)cc1. The molecule has 0 aliphatic carbocycles. The molecule has 3 rings (SSSR count). The first kappa shape index (κ1) is 20.2. The van der Waals surface area contributed by atoms with Crippen LogP contribution in [0.15, 0.2) is 70.6 Å². The summed E-state index contributed by atoms with van der Waals surface area (Å²) in [5.41, 5.74) is 0.761. The van der Waals surface area contributed by atoms with Crippen LogP contribution in [0.5, 0.6) is 5.75 Å². The lowest BCUT2D eigenvalue weighted by molar-refractivity contribution is 0.314. The summed E-state index contributed by atoms with van der Waals surface area (Å²) in [5, 5.41) is 0.971. The monoisotopic (exact) mass is 420 g/mol. The minimum atomic E-state index is -3.72. The van der Waals surface area contributed by atoms with Gasteiger partial charge in [-0.15, -0.1) is 0 Å². The molecule has 0 aliphatic heterocycles. The summed E-state index contributed by atoms with van der Waals surface area (Å²) in [4.78, 5) is 4.39. The van der Waals surface area contributed by atoms with Crippen molar-refractivity contribution in [3.63, 3.8) is 0 Å². The smallest absolute Gasteiger partial charge is 0.240 e. The fourth-order valence-electron chi connectivity index (χ4n) is 2.60. The molecule has 0 bridgehead atoms. The number of aromatic nitrogens is 1. The van der Waals surface area contributed by atoms with Crippen LogP contribution in [0, 0.1) is 0 Å². The molecule has 0 amide bonds. The van der Waals surface area contributed by atoms with E-state index >= 15 is 0 Å². The summed E-state index contributed by atoms with van der Waals surface area (Å²) >= 11 is 0. The van der Waals surface area contributed by atoms with Gasteiger partial charge < -0.3 is 4.74 Å². The van der Waals surface area contributed by atoms with Crippen molar-refractivity contribution >= 4 is 30.8 Å². The molecule has 0 radical (unpaired) electrons. The van der Waals surface area contributed by atoms with Crippen LogP contribution in [-0.4, -0.2) is 41.2 Å². The molecule has 9 heteroatoms. The fourth-order valence-corrected chi connectivity index (χ4v) is 4.31. The Morgan fingerprint density at radius 3 is 2.32 bits per heavy atom. The molecule has 3 aromatic rings. The molecule has 148 valence electrons. The van der Waals surface area contributed by atoms with Gasteiger partial charge in [-0.3, -0.25) is 4.98 Å². The lowest BCUT2D eigenvalue weighted by Gasteiger charge is -2.10. The Kier molecular flexibility index (Phi) is 5.97. The molecule has 0 spiro atoms. The van der Waals surface area contributed by atoms with Crippen molar-refractivity contribution in [2.24, 2.45) is 0 Å². The van der Waals surface area contributed by atoms with Gasteiger partial charge in [-0.05, 0) is 42.8 Å². The van der Waals surface area contributed by atoms with Gasteiger partial charge in [0.15, 0.2) is 9.84 Å². The molecule has 0 unspecified atom stereocenters. The fraction of sp³-hybridized carbons (Fsp3) is 0.211. The van der Waals surface area contributed by atoms with E-state index in [1.807, 2.05) is 30.3 Å². The van der Waals surface area contributed by atoms with Crippen molar-refractivity contribution in [3.05, 3.63) is 60.8 Å². The highest BCUT2D eigenvalue weighted by Gasteiger charge is 2.15. The van der Waals surface area contributed by atoms with E-state index in [4.69, 9.17) is 4.74 Å². The Hall–Kier alpha value is -2.49. The molecule has 7 nitrogen and oxygen atoms in total. The van der Waals surface area contributed by atoms with Gasteiger partial charge in [0.05, 0.1) is 16.4 Å². The van der Waals surface area contributed by atoms with Crippen molar-refractivity contribution < 1.29 is 21.6 Å². The first-order chi connectivity index (χ1) is 13.3. The average Bonchev–Trinajstić information content (AvgIpc) is 2.67. The van der Waals surface area contributed by atoms with E-state index in [9.17, 15) is 16.8 Å². The average molecular weight is 421 g/mol. The highest BCUT2D eigenvalue weighted by molar-refractivity contribution is 7.90. The van der Waals surface area contributed by atoms with Crippen LogP contribution in [0.25, 0.3) is 10.9 Å². The van der Waals surface area contributed by atoms with E-state index in [-0.39, 0.29) is 16.3 Å². The molecular weight excluding hydrogens is 400 g/mol. The third-order valence-electron chi connectivity index (χ3n) is 4.03. The summed E-state index contributed by atoms with van der Waals surface area (Å²) < 4.78 is 55.7. The number of rotatable bonds is 8. The second-order valence-electron chi connectivity index (χ2n) is 6.17. The van der Waals surface area contributed by atoms with Crippen molar-refractivity contribution in [3.8, 4) is 5.75 Å². The minimum Gasteiger partial charge on any atom is -0.491 e. The Morgan fingerprint density at radius 2 is 1.61 bits per heavy atom. The van der Waals surface area contributed by atoms with Crippen LogP contribution >= 0.6 is 0 Å². The van der Waals surface area contributed by atoms with Crippen LogP contribution in [0.1, 0.15) is 6.42 Å². The number of sulfone groups is 1. The number of sulfonamides is 1. The van der Waals surface area contributed by atoms with Crippen molar-refractivity contribution in [2.45, 2.75) is 16.2 Å². The van der Waals surface area contributed by atoms with Gasteiger partial charge >= 0.3 is 0 Å². The maximum atomic E-state index is 12.3. The Morgan fingerprint density at radius 1 is 0.929 bits per heavy atom. The van der Waals surface area contributed by atoms with Crippen molar-refractivity contribution in [2.75, 3.05) is 19.4 Å². The van der Waals surface area contributed by atoms with E-state index in [2.05, 4.69) is 9.71 Å². The highest BCUT2D eigenvalue weighted by Crippen LogP contribution is 2.23. The van der Waals surface area contributed by atoms with Gasteiger partial charge in [-0.1, -0.05) is 18.2 Å². The first-order valence-corrected chi connectivity index (χ1v) is 11.9. The molecule has 1 N–H and O–H groups in total. The van der Waals surface area contributed by atoms with E-state index in [0.717, 1.165) is 17.2 Å². The Bertz CT molecular complexity index is 1170. The molecule has 2 aromatic carbocycles. The molecule has 0 saturated carbocycles. The minimum absolute atomic E-state index is 0.0130. The maximum absolute atomic E-state index is 12.3.